The first-order chi connectivity index (χ1) is 18.7. The van der Waals surface area contributed by atoms with Crippen LogP contribution in [0.3, 0.4) is 0 Å². The smallest absolute Gasteiger partial charge is 0.416 e. The summed E-state index contributed by atoms with van der Waals surface area (Å²) in [4.78, 5) is 15.3. The number of anilines is 1. The molecule has 4 nitrogen and oxygen atoms in total. The highest BCUT2D eigenvalue weighted by atomic mass is 35.5. The minimum atomic E-state index is -4.43. The number of rotatable bonds is 10. The molecule has 0 unspecified atom stereocenters. The topological polar surface area (TPSA) is 41.6 Å². The largest absolute Gasteiger partial charge is 0.489 e. The van der Waals surface area contributed by atoms with E-state index in [4.69, 9.17) is 16.3 Å². The van der Waals surface area contributed by atoms with Crippen LogP contribution in [-0.4, -0.2) is 24.4 Å². The quantitative estimate of drug-likeness (QED) is 0.218. The summed E-state index contributed by atoms with van der Waals surface area (Å²) in [5.74, 6) is 0.412. The second-order valence-electron chi connectivity index (χ2n) is 9.03. The van der Waals surface area contributed by atoms with Crippen LogP contribution in [0, 0.1) is 0 Å². The fourth-order valence-electron chi connectivity index (χ4n) is 4.15. The van der Waals surface area contributed by atoms with Crippen LogP contribution in [0.1, 0.15) is 32.6 Å². The molecule has 0 aliphatic rings. The van der Waals surface area contributed by atoms with Gasteiger partial charge in [-0.3, -0.25) is 4.79 Å². The van der Waals surface area contributed by atoms with E-state index in [1.807, 2.05) is 54.6 Å². The van der Waals surface area contributed by atoms with Gasteiger partial charge in [0.2, 0.25) is 0 Å². The van der Waals surface area contributed by atoms with Crippen molar-refractivity contribution in [1.82, 2.24) is 4.90 Å². The van der Waals surface area contributed by atoms with E-state index < -0.39 is 11.7 Å². The summed E-state index contributed by atoms with van der Waals surface area (Å²) in [5.41, 5.74) is 2.68. The molecule has 0 fully saturated rings. The number of amides is 1. The Morgan fingerprint density at radius 3 is 2.28 bits per heavy atom. The number of alkyl halides is 3. The number of hydrogen-bond acceptors (Lipinski definition) is 3. The van der Waals surface area contributed by atoms with Crippen molar-refractivity contribution < 1.29 is 22.7 Å². The van der Waals surface area contributed by atoms with Crippen molar-refractivity contribution in [2.75, 3.05) is 18.9 Å². The van der Waals surface area contributed by atoms with Gasteiger partial charge >= 0.3 is 6.18 Å². The van der Waals surface area contributed by atoms with Crippen LogP contribution in [-0.2, 0) is 25.7 Å². The maximum absolute atomic E-state index is 13.7. The molecule has 8 heteroatoms. The van der Waals surface area contributed by atoms with Crippen LogP contribution in [0.15, 0.2) is 97.1 Å². The third kappa shape index (κ3) is 7.77. The monoisotopic (exact) mass is 552 g/mol. The molecule has 1 N–H and O–H groups in total. The minimum Gasteiger partial charge on any atom is -0.489 e. The normalized spacial score (nSPS) is 11.2. The van der Waals surface area contributed by atoms with Crippen LogP contribution in [0.4, 0.5) is 18.9 Å². The highest BCUT2D eigenvalue weighted by molar-refractivity contribution is 6.31. The van der Waals surface area contributed by atoms with Gasteiger partial charge in [0.25, 0.3) is 5.91 Å². The average Bonchev–Trinajstić information content (AvgIpc) is 2.94. The van der Waals surface area contributed by atoms with Crippen molar-refractivity contribution in [1.29, 1.82) is 0 Å². The molecular weight excluding hydrogens is 525 g/mol. The summed E-state index contributed by atoms with van der Waals surface area (Å²) >= 11 is 6.19. The van der Waals surface area contributed by atoms with E-state index in [1.165, 1.54) is 6.07 Å². The number of carbonyl (C=O) groups excluding carboxylic acids is 1. The van der Waals surface area contributed by atoms with E-state index >= 15 is 0 Å². The Kier molecular flexibility index (Phi) is 9.15. The lowest BCUT2D eigenvalue weighted by Gasteiger charge is -2.25. The Morgan fingerprint density at radius 1 is 0.872 bits per heavy atom. The van der Waals surface area contributed by atoms with E-state index in [1.54, 1.807) is 36.2 Å². The summed E-state index contributed by atoms with van der Waals surface area (Å²) in [6, 6.07) is 27.4. The maximum atomic E-state index is 13.7. The van der Waals surface area contributed by atoms with Gasteiger partial charge < -0.3 is 15.0 Å². The molecule has 39 heavy (non-hydrogen) atoms. The molecule has 4 aromatic rings. The number of carbonyl (C=O) groups is 1. The Labute approximate surface area is 231 Å². The van der Waals surface area contributed by atoms with Gasteiger partial charge in [0.1, 0.15) is 12.4 Å². The molecule has 0 aliphatic heterocycles. The van der Waals surface area contributed by atoms with Gasteiger partial charge in [-0.05, 0) is 59.5 Å². The molecule has 0 heterocycles. The minimum absolute atomic E-state index is 0.210. The first-order valence-corrected chi connectivity index (χ1v) is 12.8. The lowest BCUT2D eigenvalue weighted by molar-refractivity contribution is -0.137. The zero-order chi connectivity index (χ0) is 27.8. The fraction of sp³-hybridized carbons (Fsp3) is 0.194. The third-order valence-corrected chi connectivity index (χ3v) is 6.47. The second kappa shape index (κ2) is 12.7. The van der Waals surface area contributed by atoms with E-state index in [9.17, 15) is 18.0 Å². The Bertz CT molecular complexity index is 1390. The predicted molar refractivity (Wildman–Crippen MR) is 148 cm³/mol. The number of nitrogens with one attached hydrogen (secondary N) is 1. The molecule has 0 aliphatic carbocycles. The summed E-state index contributed by atoms with van der Waals surface area (Å²) in [7, 11) is 1.71. The number of benzene rings is 4. The average molecular weight is 553 g/mol. The fourth-order valence-corrected chi connectivity index (χ4v) is 4.33. The van der Waals surface area contributed by atoms with E-state index in [2.05, 4.69) is 5.32 Å². The molecule has 0 aromatic heterocycles. The highest BCUT2D eigenvalue weighted by Gasteiger charge is 2.30. The summed E-state index contributed by atoms with van der Waals surface area (Å²) in [6.45, 7) is 0.901. The van der Waals surface area contributed by atoms with Crippen molar-refractivity contribution in [2.45, 2.75) is 25.7 Å². The molecule has 0 radical (unpaired) electrons. The Morgan fingerprint density at radius 2 is 1.59 bits per heavy atom. The van der Waals surface area contributed by atoms with E-state index in [0.29, 0.717) is 34.2 Å². The molecule has 0 saturated carbocycles. The van der Waals surface area contributed by atoms with E-state index in [0.717, 1.165) is 23.3 Å². The molecule has 0 atom stereocenters. The molecular formula is C31H28ClF3N2O2. The lowest BCUT2D eigenvalue weighted by Crippen LogP contribution is -2.33. The Hall–Kier alpha value is -3.97. The molecule has 4 rings (SSSR count). The van der Waals surface area contributed by atoms with Gasteiger partial charge in [-0.25, -0.2) is 0 Å². The molecule has 0 spiro atoms. The highest BCUT2D eigenvalue weighted by Crippen LogP contribution is 2.30. The summed E-state index contributed by atoms with van der Waals surface area (Å²) < 4.78 is 45.5. The van der Waals surface area contributed by atoms with Crippen molar-refractivity contribution in [3.63, 3.8) is 0 Å². The van der Waals surface area contributed by atoms with Crippen molar-refractivity contribution in [2.24, 2.45) is 0 Å². The second-order valence-corrected chi connectivity index (χ2v) is 9.47. The van der Waals surface area contributed by atoms with Gasteiger partial charge in [0.15, 0.2) is 0 Å². The zero-order valence-electron chi connectivity index (χ0n) is 21.3. The van der Waals surface area contributed by atoms with Gasteiger partial charge in [0, 0.05) is 30.8 Å². The zero-order valence-corrected chi connectivity index (χ0v) is 22.1. The van der Waals surface area contributed by atoms with Crippen LogP contribution in [0.25, 0.3) is 0 Å². The van der Waals surface area contributed by atoms with Gasteiger partial charge in [-0.1, -0.05) is 72.3 Å². The number of hydrogen-bond donors (Lipinski definition) is 1. The van der Waals surface area contributed by atoms with Crippen molar-refractivity contribution in [3.05, 3.63) is 130 Å². The molecule has 202 valence electrons. The van der Waals surface area contributed by atoms with Crippen LogP contribution >= 0.6 is 11.6 Å². The number of nitrogens with zero attached hydrogens (tertiary/aromatic N) is 1. The summed E-state index contributed by atoms with van der Waals surface area (Å²) in [5, 5.41) is 3.42. The summed E-state index contributed by atoms with van der Waals surface area (Å²) in [6.07, 6.45) is -4.18. The number of halogens is 4. The molecule has 4 aromatic carbocycles. The van der Waals surface area contributed by atoms with Crippen LogP contribution in [0.5, 0.6) is 5.75 Å². The van der Waals surface area contributed by atoms with Gasteiger partial charge in [0.05, 0.1) is 11.1 Å². The molecule has 1 amide bonds. The standard InChI is InChI=1S/C31H28ClF3N2O2/c1-36-29-15-12-26(32)19-28(29)30(38)37(17-16-22-8-5-9-25(18-22)31(33,34)35)20-23-10-13-27(14-11-23)39-21-24-6-3-2-4-7-24/h2-15,18-19,36H,16-17,20-21H2,1H3. The first kappa shape index (κ1) is 28.0. The Balaban J connectivity index is 1.53. The third-order valence-electron chi connectivity index (χ3n) is 6.24. The van der Waals surface area contributed by atoms with Crippen LogP contribution < -0.4 is 10.1 Å². The van der Waals surface area contributed by atoms with E-state index in [-0.39, 0.29) is 25.4 Å². The van der Waals surface area contributed by atoms with Crippen LogP contribution in [0.2, 0.25) is 5.02 Å². The number of ether oxygens (including phenoxy) is 1. The van der Waals surface area contributed by atoms with Gasteiger partial charge in [-0.2, -0.15) is 13.2 Å². The lowest BCUT2D eigenvalue weighted by atomic mass is 10.1. The molecule has 0 saturated heterocycles. The SMILES string of the molecule is CNc1ccc(Cl)cc1C(=O)N(CCc1cccc(C(F)(F)F)c1)Cc1ccc(OCc2ccccc2)cc1. The predicted octanol–water partition coefficient (Wildman–Crippen LogP) is 7.86. The maximum Gasteiger partial charge on any atom is 0.416 e. The van der Waals surface area contributed by atoms with Crippen molar-refractivity contribution >= 4 is 23.2 Å². The van der Waals surface area contributed by atoms with Gasteiger partial charge in [-0.15, -0.1) is 0 Å². The first-order valence-electron chi connectivity index (χ1n) is 12.4. The van der Waals surface area contributed by atoms with Crippen molar-refractivity contribution in [3.8, 4) is 5.75 Å². The molecule has 0 bridgehead atoms.